The number of carbonyl (C=O) groups is 1. The van der Waals surface area contributed by atoms with Crippen LogP contribution >= 0.6 is 0 Å². The Hall–Kier alpha value is -0.830. The molecular weight excluding hydrogens is 274 g/mol. The molecule has 1 atom stereocenters. The largest absolute Gasteiger partial charge is 0.462 e. The molecule has 0 bridgehead atoms. The number of ether oxygens (including phenoxy) is 1. The number of esters is 1. The van der Waals surface area contributed by atoms with E-state index in [9.17, 15) is 4.79 Å². The molecule has 0 fully saturated rings. The lowest BCUT2D eigenvalue weighted by Gasteiger charge is -2.29. The molecule has 0 amide bonds. The van der Waals surface area contributed by atoms with Crippen LogP contribution in [0.15, 0.2) is 12.2 Å². The van der Waals surface area contributed by atoms with E-state index < -0.39 is 0 Å². The van der Waals surface area contributed by atoms with Crippen molar-refractivity contribution >= 4 is 5.97 Å². The summed E-state index contributed by atoms with van der Waals surface area (Å²) in [6, 6.07) is 0.527. The van der Waals surface area contributed by atoms with E-state index in [0.29, 0.717) is 18.2 Å². The molecule has 0 radical (unpaired) electrons. The summed E-state index contributed by atoms with van der Waals surface area (Å²) in [7, 11) is 0. The van der Waals surface area contributed by atoms with Crippen molar-refractivity contribution in [1.29, 1.82) is 0 Å². The topological polar surface area (TPSA) is 29.5 Å². The van der Waals surface area contributed by atoms with Gasteiger partial charge in [-0.15, -0.1) is 0 Å². The maximum atomic E-state index is 11.5. The number of hydrogen-bond donors (Lipinski definition) is 0. The zero-order valence-electron chi connectivity index (χ0n) is 15.3. The van der Waals surface area contributed by atoms with Crippen molar-refractivity contribution in [3.8, 4) is 0 Å². The summed E-state index contributed by atoms with van der Waals surface area (Å²) in [5, 5.41) is 0. The highest BCUT2D eigenvalue weighted by Gasteiger charge is 2.16. The normalized spacial score (nSPS) is 12.4. The van der Waals surface area contributed by atoms with Crippen LogP contribution in [0.2, 0.25) is 0 Å². The van der Waals surface area contributed by atoms with Crippen molar-refractivity contribution < 1.29 is 9.53 Å². The highest BCUT2D eigenvalue weighted by Crippen LogP contribution is 2.15. The Balaban J connectivity index is 4.10. The summed E-state index contributed by atoms with van der Waals surface area (Å²) in [6.45, 7) is 14.6. The van der Waals surface area contributed by atoms with Gasteiger partial charge in [-0.3, -0.25) is 0 Å². The predicted molar refractivity (Wildman–Crippen MR) is 95.1 cm³/mol. The third kappa shape index (κ3) is 9.99. The lowest BCUT2D eigenvalue weighted by molar-refractivity contribution is -0.139. The fraction of sp³-hybridized carbons (Fsp3) is 0.842. The van der Waals surface area contributed by atoms with Crippen molar-refractivity contribution in [3.05, 3.63) is 12.2 Å². The van der Waals surface area contributed by atoms with Crippen LogP contribution in [0.25, 0.3) is 0 Å². The first kappa shape index (κ1) is 21.2. The van der Waals surface area contributed by atoms with Gasteiger partial charge < -0.3 is 9.64 Å². The van der Waals surface area contributed by atoms with E-state index in [0.717, 1.165) is 19.5 Å². The van der Waals surface area contributed by atoms with Gasteiger partial charge >= 0.3 is 5.97 Å². The van der Waals surface area contributed by atoms with Crippen LogP contribution in [0.3, 0.4) is 0 Å². The molecule has 0 rings (SSSR count). The molecule has 0 spiro atoms. The molecule has 0 aromatic heterocycles. The lowest BCUT2D eigenvalue weighted by atomic mass is 10.0. The minimum atomic E-state index is -0.266. The quantitative estimate of drug-likeness (QED) is 0.258. The second kappa shape index (κ2) is 13.8. The van der Waals surface area contributed by atoms with Crippen molar-refractivity contribution in [1.82, 2.24) is 4.90 Å². The van der Waals surface area contributed by atoms with E-state index in [2.05, 4.69) is 32.3 Å². The maximum absolute atomic E-state index is 11.5. The second-order valence-corrected chi connectivity index (χ2v) is 6.14. The molecule has 0 saturated carbocycles. The SMILES string of the molecule is C=C(C)C(=O)OCCC(CCCCCCCC)N(CC)CC. The standard InChI is InChI=1S/C19H37NO2/c1-6-9-10-11-12-13-14-18(20(7-2)8-3)15-16-22-19(21)17(4)5/h18H,4,6-16H2,1-3,5H3. The van der Waals surface area contributed by atoms with Crippen molar-refractivity contribution in [3.63, 3.8) is 0 Å². The minimum absolute atomic E-state index is 0.266. The van der Waals surface area contributed by atoms with Crippen LogP contribution in [0, 0.1) is 0 Å². The second-order valence-electron chi connectivity index (χ2n) is 6.14. The molecule has 3 nitrogen and oxygen atoms in total. The lowest BCUT2D eigenvalue weighted by Crippen LogP contribution is -2.36. The maximum Gasteiger partial charge on any atom is 0.333 e. The predicted octanol–water partition coefficient (Wildman–Crippen LogP) is 4.96. The van der Waals surface area contributed by atoms with Crippen LogP contribution < -0.4 is 0 Å². The van der Waals surface area contributed by atoms with Gasteiger partial charge in [0.1, 0.15) is 0 Å². The first-order chi connectivity index (χ1) is 10.6. The first-order valence-corrected chi connectivity index (χ1v) is 9.13. The molecule has 0 heterocycles. The van der Waals surface area contributed by atoms with Gasteiger partial charge in [-0.1, -0.05) is 65.9 Å². The summed E-state index contributed by atoms with van der Waals surface area (Å²) in [5.41, 5.74) is 0.482. The molecule has 130 valence electrons. The van der Waals surface area contributed by atoms with Gasteiger partial charge in [-0.25, -0.2) is 4.79 Å². The summed E-state index contributed by atoms with van der Waals surface area (Å²) in [4.78, 5) is 13.9. The number of unbranched alkanes of at least 4 members (excludes halogenated alkanes) is 5. The van der Waals surface area contributed by atoms with Crippen LogP contribution in [0.5, 0.6) is 0 Å². The average molecular weight is 312 g/mol. The summed E-state index contributed by atoms with van der Waals surface area (Å²) >= 11 is 0. The molecule has 0 aliphatic heterocycles. The Morgan fingerprint density at radius 3 is 2.14 bits per heavy atom. The Morgan fingerprint density at radius 2 is 1.59 bits per heavy atom. The number of hydrogen-bond acceptors (Lipinski definition) is 3. The molecular formula is C19H37NO2. The van der Waals surface area contributed by atoms with Gasteiger partial charge in [-0.2, -0.15) is 0 Å². The number of carbonyl (C=O) groups excluding carboxylic acids is 1. The van der Waals surface area contributed by atoms with E-state index in [4.69, 9.17) is 4.74 Å². The molecule has 0 aliphatic carbocycles. The summed E-state index contributed by atoms with van der Waals surface area (Å²) in [6.07, 6.45) is 10.1. The minimum Gasteiger partial charge on any atom is -0.462 e. The number of nitrogens with zero attached hydrogens (tertiary/aromatic N) is 1. The van der Waals surface area contributed by atoms with Gasteiger partial charge in [0.2, 0.25) is 0 Å². The number of rotatable bonds is 14. The van der Waals surface area contributed by atoms with E-state index in [1.54, 1.807) is 6.92 Å². The molecule has 1 unspecified atom stereocenters. The zero-order chi connectivity index (χ0) is 16.8. The Kier molecular flexibility index (Phi) is 13.3. The fourth-order valence-corrected chi connectivity index (χ4v) is 2.82. The van der Waals surface area contributed by atoms with Crippen molar-refractivity contribution in [2.75, 3.05) is 19.7 Å². The molecule has 0 aromatic carbocycles. The highest BCUT2D eigenvalue weighted by molar-refractivity contribution is 5.86. The smallest absolute Gasteiger partial charge is 0.333 e. The van der Waals surface area contributed by atoms with Gasteiger partial charge in [0.05, 0.1) is 6.61 Å². The van der Waals surface area contributed by atoms with E-state index in [-0.39, 0.29) is 5.97 Å². The van der Waals surface area contributed by atoms with Gasteiger partial charge in [0.25, 0.3) is 0 Å². The third-order valence-electron chi connectivity index (χ3n) is 4.25. The molecule has 22 heavy (non-hydrogen) atoms. The third-order valence-corrected chi connectivity index (χ3v) is 4.25. The molecule has 0 aromatic rings. The van der Waals surface area contributed by atoms with Crippen molar-refractivity contribution in [2.24, 2.45) is 0 Å². The van der Waals surface area contributed by atoms with Crippen LogP contribution in [-0.4, -0.2) is 36.6 Å². The first-order valence-electron chi connectivity index (χ1n) is 9.13. The molecule has 3 heteroatoms. The van der Waals surface area contributed by atoms with E-state index in [1.165, 1.54) is 44.9 Å². The summed E-state index contributed by atoms with van der Waals surface area (Å²) < 4.78 is 5.27. The van der Waals surface area contributed by atoms with Gasteiger partial charge in [0, 0.05) is 11.6 Å². The van der Waals surface area contributed by atoms with Crippen LogP contribution in [-0.2, 0) is 9.53 Å². The van der Waals surface area contributed by atoms with Crippen LogP contribution in [0.1, 0.15) is 79.1 Å². The fourth-order valence-electron chi connectivity index (χ4n) is 2.82. The molecule has 0 aliphatic rings. The molecule has 0 N–H and O–H groups in total. The van der Waals surface area contributed by atoms with Crippen molar-refractivity contribution in [2.45, 2.75) is 85.1 Å². The monoisotopic (exact) mass is 311 g/mol. The Bertz CT molecular complexity index is 298. The van der Waals surface area contributed by atoms with E-state index >= 15 is 0 Å². The van der Waals surface area contributed by atoms with E-state index in [1.807, 2.05) is 0 Å². The average Bonchev–Trinajstić information content (AvgIpc) is 2.50. The van der Waals surface area contributed by atoms with Crippen LogP contribution in [0.4, 0.5) is 0 Å². The zero-order valence-corrected chi connectivity index (χ0v) is 15.3. The Labute approximate surface area is 138 Å². The molecule has 0 saturated heterocycles. The highest BCUT2D eigenvalue weighted by atomic mass is 16.5. The van der Waals surface area contributed by atoms with Gasteiger partial charge in [-0.05, 0) is 32.9 Å². The Morgan fingerprint density at radius 1 is 1.00 bits per heavy atom. The summed E-state index contributed by atoms with van der Waals surface area (Å²) in [5.74, 6) is -0.266. The van der Waals surface area contributed by atoms with Gasteiger partial charge in [0.15, 0.2) is 0 Å².